The van der Waals surface area contributed by atoms with Crippen molar-refractivity contribution in [2.24, 2.45) is 5.92 Å². The number of hydrogen-bond acceptors (Lipinski definition) is 4. The molecule has 1 amide bonds. The molecule has 2 N–H and O–H groups in total. The number of nitrogens with zero attached hydrogens (tertiary/aromatic N) is 1. The second kappa shape index (κ2) is 7.56. The molecule has 2 atom stereocenters. The van der Waals surface area contributed by atoms with E-state index in [-0.39, 0.29) is 41.6 Å². The van der Waals surface area contributed by atoms with Crippen molar-refractivity contribution in [1.29, 1.82) is 0 Å². The third-order valence-corrected chi connectivity index (χ3v) is 4.44. The summed E-state index contributed by atoms with van der Waals surface area (Å²) in [5.41, 5.74) is 0.461. The highest BCUT2D eigenvalue weighted by Gasteiger charge is 2.26. The van der Waals surface area contributed by atoms with Crippen LogP contribution in [0.1, 0.15) is 31.2 Å². The number of carbonyl (C=O) groups is 1. The molecule has 1 aliphatic carbocycles. The lowest BCUT2D eigenvalue weighted by molar-refractivity contribution is -0.384. The van der Waals surface area contributed by atoms with Crippen LogP contribution < -0.4 is 5.32 Å². The van der Waals surface area contributed by atoms with Crippen molar-refractivity contribution in [2.75, 3.05) is 6.61 Å². The first-order chi connectivity index (χ1) is 10.5. The minimum Gasteiger partial charge on any atom is -0.396 e. The first-order valence-electron chi connectivity index (χ1n) is 7.34. The second-order valence-electron chi connectivity index (χ2n) is 5.61. The van der Waals surface area contributed by atoms with Crippen LogP contribution in [0.4, 0.5) is 5.69 Å². The summed E-state index contributed by atoms with van der Waals surface area (Å²) in [6.07, 6.45) is 3.97. The number of benzene rings is 1. The maximum Gasteiger partial charge on any atom is 0.270 e. The molecule has 22 heavy (non-hydrogen) atoms. The predicted octanol–water partition coefficient (Wildman–Crippen LogP) is 2.46. The fourth-order valence-corrected chi connectivity index (χ4v) is 3.08. The van der Waals surface area contributed by atoms with Crippen LogP contribution in [0, 0.1) is 16.0 Å². The van der Waals surface area contributed by atoms with Crippen molar-refractivity contribution in [2.45, 2.75) is 38.1 Å². The van der Waals surface area contributed by atoms with E-state index in [1.54, 1.807) is 0 Å². The van der Waals surface area contributed by atoms with Gasteiger partial charge in [0.15, 0.2) is 0 Å². The quantitative estimate of drug-likeness (QED) is 0.642. The standard InChI is InChI=1S/C15H19ClN2O4/c16-13-8-12(18(21)22)6-5-10(13)7-15(20)17-14-4-2-1-3-11(14)9-19/h5-6,8,11,14,19H,1-4,7,9H2,(H,17,20). The van der Waals surface area contributed by atoms with Gasteiger partial charge in [-0.05, 0) is 18.4 Å². The summed E-state index contributed by atoms with van der Waals surface area (Å²) in [6.45, 7) is 0.0727. The van der Waals surface area contributed by atoms with Crippen LogP contribution in [0.15, 0.2) is 18.2 Å². The first-order valence-corrected chi connectivity index (χ1v) is 7.72. The van der Waals surface area contributed by atoms with Crippen LogP contribution in [0.5, 0.6) is 0 Å². The van der Waals surface area contributed by atoms with Crippen LogP contribution in [0.3, 0.4) is 0 Å². The van der Waals surface area contributed by atoms with Crippen molar-refractivity contribution in [3.8, 4) is 0 Å². The van der Waals surface area contributed by atoms with Gasteiger partial charge in [-0.2, -0.15) is 0 Å². The number of non-ortho nitro benzene ring substituents is 1. The van der Waals surface area contributed by atoms with Crippen molar-refractivity contribution >= 4 is 23.2 Å². The summed E-state index contributed by atoms with van der Waals surface area (Å²) in [5, 5.41) is 23.2. The Morgan fingerprint density at radius 1 is 1.41 bits per heavy atom. The molecule has 0 radical (unpaired) electrons. The van der Waals surface area contributed by atoms with E-state index in [1.807, 2.05) is 0 Å². The minimum atomic E-state index is -0.524. The van der Waals surface area contributed by atoms with E-state index in [0.717, 1.165) is 25.7 Å². The lowest BCUT2D eigenvalue weighted by atomic mass is 9.85. The topological polar surface area (TPSA) is 92.5 Å². The minimum absolute atomic E-state index is 0.0110. The smallest absolute Gasteiger partial charge is 0.270 e. The van der Waals surface area contributed by atoms with Gasteiger partial charge in [-0.25, -0.2) is 0 Å². The van der Waals surface area contributed by atoms with Crippen LogP contribution in [0.25, 0.3) is 0 Å². The van der Waals surface area contributed by atoms with Crippen molar-refractivity contribution in [3.63, 3.8) is 0 Å². The van der Waals surface area contributed by atoms with Crippen LogP contribution >= 0.6 is 11.6 Å². The number of halogens is 1. The fourth-order valence-electron chi connectivity index (χ4n) is 2.84. The fraction of sp³-hybridized carbons (Fsp3) is 0.533. The SMILES string of the molecule is O=C(Cc1ccc([N+](=O)[O-])cc1Cl)NC1CCCCC1CO. The third-order valence-electron chi connectivity index (χ3n) is 4.09. The van der Waals surface area contributed by atoms with Crippen LogP contribution in [0.2, 0.25) is 5.02 Å². The Morgan fingerprint density at radius 2 is 2.14 bits per heavy atom. The van der Waals surface area contributed by atoms with E-state index in [2.05, 4.69) is 5.32 Å². The zero-order chi connectivity index (χ0) is 16.1. The van der Waals surface area contributed by atoms with Gasteiger partial charge in [-0.1, -0.05) is 30.5 Å². The van der Waals surface area contributed by atoms with Gasteiger partial charge in [-0.15, -0.1) is 0 Å². The number of hydrogen-bond donors (Lipinski definition) is 2. The summed E-state index contributed by atoms with van der Waals surface area (Å²) >= 11 is 5.99. The highest BCUT2D eigenvalue weighted by atomic mass is 35.5. The molecule has 0 aliphatic heterocycles. The Balaban J connectivity index is 1.98. The number of carbonyl (C=O) groups excluding carboxylic acids is 1. The molecule has 2 unspecified atom stereocenters. The molecule has 120 valence electrons. The van der Waals surface area contributed by atoms with Crippen molar-refractivity contribution in [3.05, 3.63) is 38.9 Å². The summed E-state index contributed by atoms with van der Waals surface area (Å²) in [6, 6.07) is 4.08. The lowest BCUT2D eigenvalue weighted by Gasteiger charge is -2.30. The molecule has 0 bridgehead atoms. The first kappa shape index (κ1) is 16.7. The molecule has 1 saturated carbocycles. The average molecular weight is 327 g/mol. The maximum absolute atomic E-state index is 12.1. The zero-order valence-corrected chi connectivity index (χ0v) is 12.9. The van der Waals surface area contributed by atoms with E-state index >= 15 is 0 Å². The zero-order valence-electron chi connectivity index (χ0n) is 12.1. The number of aliphatic hydroxyl groups is 1. The van der Waals surface area contributed by atoms with Crippen molar-refractivity contribution < 1.29 is 14.8 Å². The molecular weight excluding hydrogens is 308 g/mol. The molecule has 0 aromatic heterocycles. The van der Waals surface area contributed by atoms with E-state index in [1.165, 1.54) is 18.2 Å². The Morgan fingerprint density at radius 3 is 2.77 bits per heavy atom. The van der Waals surface area contributed by atoms with Crippen LogP contribution in [-0.4, -0.2) is 28.6 Å². The Labute approximate surface area is 133 Å². The largest absolute Gasteiger partial charge is 0.396 e. The highest BCUT2D eigenvalue weighted by molar-refractivity contribution is 6.31. The molecule has 1 fully saturated rings. The number of aliphatic hydroxyl groups excluding tert-OH is 1. The number of rotatable bonds is 5. The summed E-state index contributed by atoms with van der Waals surface area (Å²) < 4.78 is 0. The molecule has 0 saturated heterocycles. The average Bonchev–Trinajstić information content (AvgIpc) is 2.49. The van der Waals surface area contributed by atoms with Gasteiger partial charge in [0, 0.05) is 30.7 Å². The summed E-state index contributed by atoms with van der Waals surface area (Å²) in [7, 11) is 0. The molecule has 1 aromatic carbocycles. The number of nitro groups is 1. The summed E-state index contributed by atoms with van der Waals surface area (Å²) in [4.78, 5) is 22.3. The molecule has 7 heteroatoms. The van der Waals surface area contributed by atoms with Gasteiger partial charge >= 0.3 is 0 Å². The Hall–Kier alpha value is -1.66. The third kappa shape index (κ3) is 4.18. The van der Waals surface area contributed by atoms with Crippen LogP contribution in [-0.2, 0) is 11.2 Å². The van der Waals surface area contributed by atoms with Crippen molar-refractivity contribution in [1.82, 2.24) is 5.32 Å². The number of nitrogens with one attached hydrogen (secondary N) is 1. The maximum atomic E-state index is 12.1. The van der Waals surface area contributed by atoms with Gasteiger partial charge in [-0.3, -0.25) is 14.9 Å². The molecule has 6 nitrogen and oxygen atoms in total. The van der Waals surface area contributed by atoms with E-state index in [4.69, 9.17) is 11.6 Å². The molecule has 1 aromatic rings. The van der Waals surface area contributed by atoms with E-state index < -0.39 is 4.92 Å². The van der Waals surface area contributed by atoms with E-state index in [0.29, 0.717) is 5.56 Å². The lowest BCUT2D eigenvalue weighted by Crippen LogP contribution is -2.44. The van der Waals surface area contributed by atoms with Gasteiger partial charge in [0.1, 0.15) is 0 Å². The Bertz CT molecular complexity index is 564. The van der Waals surface area contributed by atoms with Gasteiger partial charge in [0.05, 0.1) is 16.4 Å². The highest BCUT2D eigenvalue weighted by Crippen LogP contribution is 2.25. The number of nitro benzene ring substituents is 1. The summed E-state index contributed by atoms with van der Waals surface area (Å²) in [5.74, 6) is -0.0777. The monoisotopic (exact) mass is 326 g/mol. The molecular formula is C15H19ClN2O4. The van der Waals surface area contributed by atoms with E-state index in [9.17, 15) is 20.0 Å². The molecule has 0 heterocycles. The van der Waals surface area contributed by atoms with Gasteiger partial charge < -0.3 is 10.4 Å². The predicted molar refractivity (Wildman–Crippen MR) is 82.8 cm³/mol. The second-order valence-corrected chi connectivity index (χ2v) is 6.02. The normalized spacial score (nSPS) is 21.4. The molecule has 2 rings (SSSR count). The van der Waals surface area contributed by atoms with Gasteiger partial charge in [0.25, 0.3) is 5.69 Å². The molecule has 1 aliphatic rings. The number of amides is 1. The van der Waals surface area contributed by atoms with Gasteiger partial charge in [0.2, 0.25) is 5.91 Å². The molecule has 0 spiro atoms. The Kier molecular flexibility index (Phi) is 5.74.